The van der Waals surface area contributed by atoms with Crippen molar-refractivity contribution in [1.82, 2.24) is 4.98 Å². The molecule has 0 atom stereocenters. The third kappa shape index (κ3) is 2.33. The highest BCUT2D eigenvalue weighted by Crippen LogP contribution is 2.23. The topological polar surface area (TPSA) is 56.0 Å². The minimum absolute atomic E-state index is 0.270. The van der Waals surface area contributed by atoms with Gasteiger partial charge in [0.05, 0.1) is 11.3 Å². The molecular formula is C12H12N2OS. The third-order valence-electron chi connectivity index (χ3n) is 2.22. The average Bonchev–Trinajstić information content (AvgIpc) is 2.26. The molecule has 1 heterocycles. The molecule has 0 radical (unpaired) electrons. The number of thioether (sulfide) groups is 1. The van der Waals surface area contributed by atoms with E-state index >= 15 is 0 Å². The van der Waals surface area contributed by atoms with Crippen LogP contribution < -0.4 is 5.73 Å². The number of hydrogen-bond acceptors (Lipinski definition) is 3. The number of amides is 1. The summed E-state index contributed by atoms with van der Waals surface area (Å²) in [5, 5.41) is 1.99. The Morgan fingerprint density at radius 3 is 2.94 bits per heavy atom. The van der Waals surface area contributed by atoms with Gasteiger partial charge in [0.25, 0.3) is 0 Å². The molecule has 3 nitrogen and oxygen atoms in total. The molecular weight excluding hydrogens is 220 g/mol. The summed E-state index contributed by atoms with van der Waals surface area (Å²) < 4.78 is 0. The van der Waals surface area contributed by atoms with Crippen molar-refractivity contribution in [3.63, 3.8) is 0 Å². The Kier molecular flexibility index (Phi) is 3.10. The molecule has 2 rings (SSSR count). The van der Waals surface area contributed by atoms with Gasteiger partial charge in [-0.1, -0.05) is 30.0 Å². The molecule has 4 heteroatoms. The standard InChI is InChI=1S/C12H12N2OS/c1-8-6-9-4-2-3-5-10(9)14-12(8)16-7-11(13)15/h2-6H,7H2,1H3,(H2,13,15). The fraction of sp³-hybridized carbons (Fsp3) is 0.167. The number of rotatable bonds is 3. The van der Waals surface area contributed by atoms with Gasteiger partial charge in [-0.2, -0.15) is 0 Å². The number of benzene rings is 1. The summed E-state index contributed by atoms with van der Waals surface area (Å²) in [5.41, 5.74) is 7.13. The number of aryl methyl sites for hydroxylation is 1. The molecule has 1 aromatic carbocycles. The maximum absolute atomic E-state index is 10.7. The van der Waals surface area contributed by atoms with Crippen LogP contribution in [-0.4, -0.2) is 16.6 Å². The summed E-state index contributed by atoms with van der Waals surface area (Å²) in [6.45, 7) is 1.99. The highest BCUT2D eigenvalue weighted by molar-refractivity contribution is 7.99. The molecule has 16 heavy (non-hydrogen) atoms. The van der Waals surface area contributed by atoms with Gasteiger partial charge < -0.3 is 5.73 Å². The van der Waals surface area contributed by atoms with E-state index in [2.05, 4.69) is 11.1 Å². The Balaban J connectivity index is 2.38. The predicted molar refractivity (Wildman–Crippen MR) is 66.4 cm³/mol. The quantitative estimate of drug-likeness (QED) is 0.825. The minimum atomic E-state index is -0.320. The van der Waals surface area contributed by atoms with Gasteiger partial charge in [-0.3, -0.25) is 4.79 Å². The van der Waals surface area contributed by atoms with Crippen molar-refractivity contribution >= 4 is 28.6 Å². The van der Waals surface area contributed by atoms with Gasteiger partial charge in [-0.25, -0.2) is 4.98 Å². The van der Waals surface area contributed by atoms with Gasteiger partial charge in [0.1, 0.15) is 5.03 Å². The molecule has 82 valence electrons. The zero-order chi connectivity index (χ0) is 11.5. The fourth-order valence-corrected chi connectivity index (χ4v) is 2.22. The Labute approximate surface area is 98.1 Å². The lowest BCUT2D eigenvalue weighted by molar-refractivity contribution is -0.115. The van der Waals surface area contributed by atoms with E-state index in [0.29, 0.717) is 0 Å². The number of fused-ring (bicyclic) bond motifs is 1. The van der Waals surface area contributed by atoms with Crippen molar-refractivity contribution in [3.8, 4) is 0 Å². The monoisotopic (exact) mass is 232 g/mol. The maximum atomic E-state index is 10.7. The second kappa shape index (κ2) is 4.53. The van der Waals surface area contributed by atoms with Crippen LogP contribution in [0.1, 0.15) is 5.56 Å². The van der Waals surface area contributed by atoms with Crippen molar-refractivity contribution in [2.45, 2.75) is 11.9 Å². The van der Waals surface area contributed by atoms with E-state index in [9.17, 15) is 4.79 Å². The number of pyridine rings is 1. The van der Waals surface area contributed by atoms with Crippen LogP contribution in [-0.2, 0) is 4.79 Å². The summed E-state index contributed by atoms with van der Waals surface area (Å²) >= 11 is 1.38. The van der Waals surface area contributed by atoms with Crippen molar-refractivity contribution < 1.29 is 4.79 Å². The second-order valence-corrected chi connectivity index (χ2v) is 4.52. The number of carbonyl (C=O) groups excluding carboxylic acids is 1. The van der Waals surface area contributed by atoms with E-state index in [1.807, 2.05) is 31.2 Å². The first-order chi connectivity index (χ1) is 7.66. The van der Waals surface area contributed by atoms with Crippen molar-refractivity contribution in [2.24, 2.45) is 5.73 Å². The van der Waals surface area contributed by atoms with Crippen LogP contribution in [0.2, 0.25) is 0 Å². The molecule has 2 aromatic rings. The lowest BCUT2D eigenvalue weighted by atomic mass is 10.2. The zero-order valence-corrected chi connectivity index (χ0v) is 9.75. The zero-order valence-electron chi connectivity index (χ0n) is 8.93. The largest absolute Gasteiger partial charge is 0.369 e. The first-order valence-electron chi connectivity index (χ1n) is 4.94. The van der Waals surface area contributed by atoms with Gasteiger partial charge in [0, 0.05) is 5.39 Å². The maximum Gasteiger partial charge on any atom is 0.227 e. The van der Waals surface area contributed by atoms with Crippen LogP contribution in [0.15, 0.2) is 35.4 Å². The molecule has 0 aliphatic rings. The highest BCUT2D eigenvalue weighted by atomic mass is 32.2. The smallest absolute Gasteiger partial charge is 0.227 e. The first-order valence-corrected chi connectivity index (χ1v) is 5.93. The highest BCUT2D eigenvalue weighted by Gasteiger charge is 2.05. The number of hydrogen-bond donors (Lipinski definition) is 1. The molecule has 2 N–H and O–H groups in total. The molecule has 0 spiro atoms. The molecule has 0 bridgehead atoms. The van der Waals surface area contributed by atoms with E-state index in [1.165, 1.54) is 11.8 Å². The van der Waals surface area contributed by atoms with Crippen molar-refractivity contribution in [2.75, 3.05) is 5.75 Å². The normalized spacial score (nSPS) is 10.6. The van der Waals surface area contributed by atoms with E-state index < -0.39 is 0 Å². The Morgan fingerprint density at radius 2 is 2.19 bits per heavy atom. The van der Waals surface area contributed by atoms with E-state index in [-0.39, 0.29) is 11.7 Å². The number of nitrogens with two attached hydrogens (primary N) is 1. The summed E-state index contributed by atoms with van der Waals surface area (Å²) in [6, 6.07) is 10.00. The van der Waals surface area contributed by atoms with E-state index in [0.717, 1.165) is 21.5 Å². The molecule has 1 aromatic heterocycles. The third-order valence-corrected chi connectivity index (χ3v) is 3.33. The average molecular weight is 232 g/mol. The molecule has 1 amide bonds. The SMILES string of the molecule is Cc1cc2ccccc2nc1SCC(N)=O. The van der Waals surface area contributed by atoms with Crippen LogP contribution in [0.3, 0.4) is 0 Å². The Hall–Kier alpha value is -1.55. The van der Waals surface area contributed by atoms with E-state index in [1.54, 1.807) is 0 Å². The molecule has 0 saturated carbocycles. The van der Waals surface area contributed by atoms with Crippen LogP contribution in [0.5, 0.6) is 0 Å². The fourth-order valence-electron chi connectivity index (χ4n) is 1.49. The lowest BCUT2D eigenvalue weighted by Crippen LogP contribution is -2.13. The van der Waals surface area contributed by atoms with E-state index in [4.69, 9.17) is 5.73 Å². The van der Waals surface area contributed by atoms with Crippen LogP contribution >= 0.6 is 11.8 Å². The van der Waals surface area contributed by atoms with Crippen molar-refractivity contribution in [1.29, 1.82) is 0 Å². The predicted octanol–water partition coefficient (Wildman–Crippen LogP) is 2.12. The molecule has 0 aliphatic carbocycles. The van der Waals surface area contributed by atoms with Crippen LogP contribution in [0.25, 0.3) is 10.9 Å². The number of aromatic nitrogens is 1. The number of primary amides is 1. The van der Waals surface area contributed by atoms with Gasteiger partial charge in [-0.05, 0) is 24.6 Å². The molecule has 0 unspecified atom stereocenters. The first kappa shape index (κ1) is 11.0. The van der Waals surface area contributed by atoms with Gasteiger partial charge in [0.2, 0.25) is 5.91 Å². The summed E-state index contributed by atoms with van der Waals surface area (Å²) in [5.74, 6) is -0.0500. The molecule has 0 aliphatic heterocycles. The number of para-hydroxylation sites is 1. The number of nitrogens with zero attached hydrogens (tertiary/aromatic N) is 1. The van der Waals surface area contributed by atoms with Crippen LogP contribution in [0.4, 0.5) is 0 Å². The van der Waals surface area contributed by atoms with Crippen LogP contribution in [0, 0.1) is 6.92 Å². The minimum Gasteiger partial charge on any atom is -0.369 e. The second-order valence-electron chi connectivity index (χ2n) is 3.56. The van der Waals surface area contributed by atoms with Gasteiger partial charge >= 0.3 is 0 Å². The summed E-state index contributed by atoms with van der Waals surface area (Å²) in [4.78, 5) is 15.2. The van der Waals surface area contributed by atoms with Gasteiger partial charge in [-0.15, -0.1) is 0 Å². The Morgan fingerprint density at radius 1 is 1.44 bits per heavy atom. The number of carbonyl (C=O) groups is 1. The van der Waals surface area contributed by atoms with Gasteiger partial charge in [0.15, 0.2) is 0 Å². The lowest BCUT2D eigenvalue weighted by Gasteiger charge is -2.05. The Bertz CT molecular complexity index is 540. The summed E-state index contributed by atoms with van der Waals surface area (Å²) in [6.07, 6.45) is 0. The summed E-state index contributed by atoms with van der Waals surface area (Å²) in [7, 11) is 0. The molecule has 0 fully saturated rings. The van der Waals surface area contributed by atoms with Crippen molar-refractivity contribution in [3.05, 3.63) is 35.9 Å². The molecule has 0 saturated heterocycles.